The van der Waals surface area contributed by atoms with Gasteiger partial charge in [0.15, 0.2) is 17.5 Å². The Bertz CT molecular complexity index is 311. The molecule has 2 rings (SSSR count). The van der Waals surface area contributed by atoms with Crippen LogP contribution in [0.3, 0.4) is 0 Å². The van der Waals surface area contributed by atoms with E-state index in [1.165, 1.54) is 0 Å². The molecule has 1 saturated heterocycles. The van der Waals surface area contributed by atoms with Crippen molar-refractivity contribution in [3.05, 3.63) is 41.6 Å². The van der Waals surface area contributed by atoms with Crippen molar-refractivity contribution in [2.75, 3.05) is 5.75 Å². The lowest BCUT2D eigenvalue weighted by Crippen LogP contribution is -2.09. The lowest BCUT2D eigenvalue weighted by Gasteiger charge is -2.24. The van der Waals surface area contributed by atoms with E-state index in [2.05, 4.69) is 0 Å². The molecule has 1 aliphatic rings. The van der Waals surface area contributed by atoms with E-state index in [4.69, 9.17) is 0 Å². The number of benzene rings is 1. The predicted molar refractivity (Wildman–Crippen MR) is 45.8 cm³/mol. The van der Waals surface area contributed by atoms with Crippen LogP contribution in [-0.4, -0.2) is 5.75 Å². The molecule has 0 amide bonds. The summed E-state index contributed by atoms with van der Waals surface area (Å²) in [5.74, 6) is -2.74. The minimum Gasteiger partial charge on any atom is -0.204 e. The molecule has 1 fully saturated rings. The molecule has 0 bridgehead atoms. The van der Waals surface area contributed by atoms with Crippen LogP contribution < -0.4 is 0 Å². The zero-order valence-corrected chi connectivity index (χ0v) is 7.38. The maximum Gasteiger partial charge on any atom is 0.194 e. The van der Waals surface area contributed by atoms with Crippen molar-refractivity contribution < 1.29 is 13.2 Å². The Labute approximate surface area is 78.1 Å². The molecule has 1 unspecified atom stereocenters. The third-order valence-corrected chi connectivity index (χ3v) is 3.13. The molecule has 1 atom stereocenters. The van der Waals surface area contributed by atoms with Crippen LogP contribution in [0.5, 0.6) is 0 Å². The molecule has 4 heteroatoms. The van der Waals surface area contributed by atoms with Crippen LogP contribution in [0.25, 0.3) is 0 Å². The molecule has 0 saturated carbocycles. The van der Waals surface area contributed by atoms with Gasteiger partial charge in [-0.2, -0.15) is 11.8 Å². The first-order valence-corrected chi connectivity index (χ1v) is 4.83. The number of halogens is 3. The zero-order valence-electron chi connectivity index (χ0n) is 6.56. The van der Waals surface area contributed by atoms with Gasteiger partial charge in [0.2, 0.25) is 0 Å². The van der Waals surface area contributed by atoms with Crippen LogP contribution in [0.15, 0.2) is 12.1 Å². The fourth-order valence-electron chi connectivity index (χ4n) is 1.16. The van der Waals surface area contributed by atoms with E-state index in [0.29, 0.717) is 5.56 Å². The Morgan fingerprint density at radius 3 is 2.08 bits per heavy atom. The van der Waals surface area contributed by atoms with E-state index in [9.17, 15) is 13.2 Å². The van der Waals surface area contributed by atoms with E-state index in [1.54, 1.807) is 11.8 Å². The molecule has 1 aromatic carbocycles. The molecule has 1 radical (unpaired) electrons. The van der Waals surface area contributed by atoms with Gasteiger partial charge in [0.25, 0.3) is 0 Å². The summed E-state index contributed by atoms with van der Waals surface area (Å²) in [6.45, 7) is 0. The molecule has 1 aliphatic heterocycles. The Morgan fingerprint density at radius 2 is 1.69 bits per heavy atom. The first-order chi connectivity index (χ1) is 6.18. The minimum atomic E-state index is -1.40. The van der Waals surface area contributed by atoms with Crippen LogP contribution in [0.4, 0.5) is 13.2 Å². The highest BCUT2D eigenvalue weighted by molar-refractivity contribution is 8.01. The van der Waals surface area contributed by atoms with E-state index < -0.39 is 17.5 Å². The van der Waals surface area contributed by atoms with Gasteiger partial charge >= 0.3 is 0 Å². The molecule has 0 aliphatic carbocycles. The highest BCUT2D eigenvalue weighted by Crippen LogP contribution is 2.41. The molecule has 69 valence electrons. The summed E-state index contributed by atoms with van der Waals surface area (Å²) < 4.78 is 38.0. The summed E-state index contributed by atoms with van der Waals surface area (Å²) in [4.78, 5) is 0. The Hall–Kier alpha value is -0.640. The van der Waals surface area contributed by atoms with Gasteiger partial charge < -0.3 is 0 Å². The monoisotopic (exact) mass is 203 g/mol. The van der Waals surface area contributed by atoms with Gasteiger partial charge in [-0.3, -0.25) is 0 Å². The van der Waals surface area contributed by atoms with E-state index in [1.807, 2.05) is 6.42 Å². The van der Waals surface area contributed by atoms with Crippen molar-refractivity contribution in [3.8, 4) is 0 Å². The summed E-state index contributed by atoms with van der Waals surface area (Å²) >= 11 is 1.57. The standard InChI is InChI=1S/C9H6F3S/c10-6-3-5(8-1-2-13-8)4-7(11)9(6)12/h1,3-4,8H,2H2. The topological polar surface area (TPSA) is 0 Å². The lowest BCUT2D eigenvalue weighted by atomic mass is 10.1. The molecule has 0 spiro atoms. The Morgan fingerprint density at radius 1 is 1.15 bits per heavy atom. The van der Waals surface area contributed by atoms with Crippen molar-refractivity contribution in [3.63, 3.8) is 0 Å². The quantitative estimate of drug-likeness (QED) is 0.632. The van der Waals surface area contributed by atoms with Crippen LogP contribution >= 0.6 is 11.8 Å². The molecular weight excluding hydrogens is 197 g/mol. The van der Waals surface area contributed by atoms with Crippen molar-refractivity contribution >= 4 is 11.8 Å². The van der Waals surface area contributed by atoms with Gasteiger partial charge in [-0.25, -0.2) is 13.2 Å². The number of thioether (sulfide) groups is 1. The fraction of sp³-hybridized carbons (Fsp3) is 0.222. The third kappa shape index (κ3) is 1.55. The maximum absolute atomic E-state index is 12.7. The second-order valence-corrected chi connectivity index (χ2v) is 3.96. The first-order valence-electron chi connectivity index (χ1n) is 3.78. The first kappa shape index (κ1) is 8.94. The number of hydrogen-bond acceptors (Lipinski definition) is 1. The fourth-order valence-corrected chi connectivity index (χ4v) is 1.88. The number of hydrogen-bond donors (Lipinski definition) is 0. The number of rotatable bonds is 1. The maximum atomic E-state index is 12.7. The van der Waals surface area contributed by atoms with Crippen molar-refractivity contribution in [1.29, 1.82) is 0 Å². The van der Waals surface area contributed by atoms with Gasteiger partial charge in [-0.15, -0.1) is 0 Å². The van der Waals surface area contributed by atoms with E-state index >= 15 is 0 Å². The molecule has 0 aromatic heterocycles. The van der Waals surface area contributed by atoms with Crippen molar-refractivity contribution in [1.82, 2.24) is 0 Å². The van der Waals surface area contributed by atoms with Crippen molar-refractivity contribution in [2.45, 2.75) is 5.25 Å². The molecule has 0 N–H and O–H groups in total. The van der Waals surface area contributed by atoms with E-state index in [0.717, 1.165) is 17.9 Å². The second kappa shape index (κ2) is 3.25. The Kier molecular flexibility index (Phi) is 2.24. The van der Waals surface area contributed by atoms with Gasteiger partial charge in [0.05, 0.1) is 0 Å². The molecule has 1 heterocycles. The second-order valence-electron chi connectivity index (χ2n) is 2.79. The van der Waals surface area contributed by atoms with Gasteiger partial charge in [0.1, 0.15) is 0 Å². The molecule has 13 heavy (non-hydrogen) atoms. The minimum absolute atomic E-state index is 0.0181. The lowest BCUT2D eigenvalue weighted by molar-refractivity contribution is 0.445. The molecule has 1 aromatic rings. The third-order valence-electron chi connectivity index (χ3n) is 1.92. The summed E-state index contributed by atoms with van der Waals surface area (Å²) in [7, 11) is 0. The van der Waals surface area contributed by atoms with Crippen LogP contribution in [-0.2, 0) is 0 Å². The Balaban J connectivity index is 2.37. The van der Waals surface area contributed by atoms with Crippen LogP contribution in [0.2, 0.25) is 0 Å². The highest BCUT2D eigenvalue weighted by Gasteiger charge is 2.23. The molecule has 0 nitrogen and oxygen atoms in total. The summed E-state index contributed by atoms with van der Waals surface area (Å²) in [6, 6.07) is 2.09. The van der Waals surface area contributed by atoms with Gasteiger partial charge in [-0.1, -0.05) is 0 Å². The normalized spacial score (nSPS) is 21.3. The van der Waals surface area contributed by atoms with Gasteiger partial charge in [0, 0.05) is 5.25 Å². The van der Waals surface area contributed by atoms with Crippen LogP contribution in [0, 0.1) is 23.9 Å². The summed E-state index contributed by atoms with van der Waals surface area (Å²) in [6.07, 6.45) is 1.93. The largest absolute Gasteiger partial charge is 0.204 e. The smallest absolute Gasteiger partial charge is 0.194 e. The highest BCUT2D eigenvalue weighted by atomic mass is 32.2. The van der Waals surface area contributed by atoms with Gasteiger partial charge in [-0.05, 0) is 29.9 Å². The zero-order chi connectivity index (χ0) is 9.42. The SMILES string of the molecule is Fc1cc(C2[CH]CS2)cc(F)c1F. The van der Waals surface area contributed by atoms with Crippen LogP contribution in [0.1, 0.15) is 10.8 Å². The van der Waals surface area contributed by atoms with Crippen molar-refractivity contribution in [2.24, 2.45) is 0 Å². The van der Waals surface area contributed by atoms with E-state index in [-0.39, 0.29) is 5.25 Å². The molecular formula is C9H6F3S. The summed E-state index contributed by atoms with van der Waals surface area (Å²) in [5.41, 5.74) is 0.493. The summed E-state index contributed by atoms with van der Waals surface area (Å²) in [5, 5.41) is 0.0181. The average molecular weight is 203 g/mol. The predicted octanol–water partition coefficient (Wildman–Crippen LogP) is 3.10. The average Bonchev–Trinajstić information content (AvgIpc) is 1.96.